The molecule has 1 heterocycles. The van der Waals surface area contributed by atoms with Crippen LogP contribution in [0.2, 0.25) is 0 Å². The Morgan fingerprint density at radius 3 is 2.74 bits per heavy atom. The predicted molar refractivity (Wildman–Crippen MR) is 90.2 cm³/mol. The molecule has 2 rings (SSSR count). The Morgan fingerprint density at radius 2 is 2.04 bits per heavy atom. The monoisotopic (exact) mass is 315 g/mol. The number of ether oxygens (including phenoxy) is 1. The molecule has 0 unspecified atom stereocenters. The number of hydrogen-bond acceptors (Lipinski definition) is 3. The maximum atomic E-state index is 12.0. The molecule has 0 radical (unpaired) electrons. The van der Waals surface area contributed by atoms with Gasteiger partial charge in [-0.2, -0.15) is 0 Å². The summed E-state index contributed by atoms with van der Waals surface area (Å²) < 4.78 is 7.74. The van der Waals surface area contributed by atoms with Crippen LogP contribution in [0.3, 0.4) is 0 Å². The molecule has 1 N–H and O–H groups in total. The van der Waals surface area contributed by atoms with E-state index in [0.29, 0.717) is 13.0 Å². The molecule has 1 aromatic heterocycles. The smallest absolute Gasteiger partial charge is 0.220 e. The molecule has 1 amide bonds. The van der Waals surface area contributed by atoms with Crippen molar-refractivity contribution in [3.8, 4) is 5.75 Å². The predicted octanol–water partition coefficient (Wildman–Crippen LogP) is 3.03. The molecule has 0 saturated carbocycles. The lowest BCUT2D eigenvalue weighted by Crippen LogP contribution is -2.47. The second kappa shape index (κ2) is 8.36. The number of carbonyl (C=O) groups excluding carboxylic acids is 1. The van der Waals surface area contributed by atoms with E-state index in [1.807, 2.05) is 54.9 Å². The van der Waals surface area contributed by atoms with Gasteiger partial charge in [0.2, 0.25) is 5.91 Å². The highest BCUT2D eigenvalue weighted by molar-refractivity contribution is 5.76. The van der Waals surface area contributed by atoms with Crippen LogP contribution >= 0.6 is 0 Å². The zero-order chi connectivity index (χ0) is 16.5. The third-order valence-electron chi connectivity index (χ3n) is 3.45. The van der Waals surface area contributed by atoms with Crippen LogP contribution < -0.4 is 10.1 Å². The molecule has 0 aliphatic carbocycles. The fraction of sp³-hybridized carbons (Fsp3) is 0.444. The van der Waals surface area contributed by atoms with Crippen molar-refractivity contribution < 1.29 is 9.53 Å². The minimum atomic E-state index is -0.392. The molecule has 0 aliphatic heterocycles. The average molecular weight is 315 g/mol. The molecule has 0 aliphatic rings. The maximum absolute atomic E-state index is 12.0. The van der Waals surface area contributed by atoms with Crippen molar-refractivity contribution in [2.75, 3.05) is 6.61 Å². The second-order valence-corrected chi connectivity index (χ2v) is 6.29. The lowest BCUT2D eigenvalue weighted by Gasteiger charge is -2.26. The van der Waals surface area contributed by atoms with Crippen molar-refractivity contribution in [2.24, 2.45) is 0 Å². The Balaban J connectivity index is 1.64. The zero-order valence-corrected chi connectivity index (χ0v) is 13.9. The summed E-state index contributed by atoms with van der Waals surface area (Å²) >= 11 is 0. The van der Waals surface area contributed by atoms with Gasteiger partial charge in [-0.3, -0.25) is 4.79 Å². The lowest BCUT2D eigenvalue weighted by atomic mass is 10.1. The van der Waals surface area contributed by atoms with Crippen LogP contribution in [0.1, 0.15) is 33.1 Å². The number of nitrogens with zero attached hydrogens (tertiary/aromatic N) is 2. The van der Waals surface area contributed by atoms with Gasteiger partial charge in [-0.05, 0) is 38.8 Å². The van der Waals surface area contributed by atoms with Crippen molar-refractivity contribution in [3.05, 3.63) is 49.1 Å². The van der Waals surface area contributed by atoms with Crippen molar-refractivity contribution >= 4 is 5.91 Å². The molecule has 0 atom stereocenters. The molecule has 5 heteroatoms. The van der Waals surface area contributed by atoms with E-state index >= 15 is 0 Å². The number of benzene rings is 1. The summed E-state index contributed by atoms with van der Waals surface area (Å²) in [4.78, 5) is 16.0. The van der Waals surface area contributed by atoms with Crippen molar-refractivity contribution in [1.82, 2.24) is 14.9 Å². The van der Waals surface area contributed by atoms with E-state index in [-0.39, 0.29) is 5.91 Å². The highest BCUT2D eigenvalue weighted by Crippen LogP contribution is 2.12. The van der Waals surface area contributed by atoms with E-state index in [1.165, 1.54) is 0 Å². The Bertz CT molecular complexity index is 580. The first-order valence-electron chi connectivity index (χ1n) is 8.00. The standard InChI is InChI=1S/C18H25N3O2/c1-18(2,14-23-16-8-4-3-5-9-16)20-17(22)10-6-7-12-21-13-11-19-15-21/h3-5,8-9,11,13,15H,6-7,10,12,14H2,1-2H3,(H,20,22). The van der Waals surface area contributed by atoms with Gasteiger partial charge >= 0.3 is 0 Å². The largest absolute Gasteiger partial charge is 0.491 e. The fourth-order valence-electron chi connectivity index (χ4n) is 2.26. The Kier molecular flexibility index (Phi) is 6.20. The number of rotatable bonds is 9. The number of aryl methyl sites for hydroxylation is 1. The second-order valence-electron chi connectivity index (χ2n) is 6.29. The summed E-state index contributed by atoms with van der Waals surface area (Å²) in [6, 6.07) is 9.63. The highest BCUT2D eigenvalue weighted by Gasteiger charge is 2.21. The summed E-state index contributed by atoms with van der Waals surface area (Å²) in [5, 5.41) is 3.04. The molecule has 5 nitrogen and oxygen atoms in total. The van der Waals surface area contributed by atoms with Gasteiger partial charge in [0, 0.05) is 25.4 Å². The van der Waals surface area contributed by atoms with Gasteiger partial charge in [0.1, 0.15) is 12.4 Å². The van der Waals surface area contributed by atoms with Crippen LogP contribution in [-0.2, 0) is 11.3 Å². The molecular formula is C18H25N3O2. The Hall–Kier alpha value is -2.30. The summed E-state index contributed by atoms with van der Waals surface area (Å²) in [6.45, 7) is 5.28. The SMILES string of the molecule is CC(C)(COc1ccccc1)NC(=O)CCCCn1ccnc1. The number of unbranched alkanes of at least 4 members (excludes halogenated alkanes) is 1. The van der Waals surface area contributed by atoms with Gasteiger partial charge in [-0.1, -0.05) is 18.2 Å². The summed E-state index contributed by atoms with van der Waals surface area (Å²) in [5.41, 5.74) is -0.392. The molecule has 2 aromatic rings. The minimum Gasteiger partial charge on any atom is -0.491 e. The number of nitrogens with one attached hydrogen (secondary N) is 1. The average Bonchev–Trinajstić information content (AvgIpc) is 3.04. The molecule has 0 spiro atoms. The molecule has 0 saturated heterocycles. The molecular weight excluding hydrogens is 290 g/mol. The van der Waals surface area contributed by atoms with E-state index in [2.05, 4.69) is 10.3 Å². The third-order valence-corrected chi connectivity index (χ3v) is 3.45. The Morgan fingerprint density at radius 1 is 1.26 bits per heavy atom. The highest BCUT2D eigenvalue weighted by atomic mass is 16.5. The van der Waals surface area contributed by atoms with Gasteiger partial charge in [-0.15, -0.1) is 0 Å². The number of aromatic nitrogens is 2. The van der Waals surface area contributed by atoms with Gasteiger partial charge in [-0.25, -0.2) is 4.98 Å². The van der Waals surface area contributed by atoms with Crippen LogP contribution in [0.4, 0.5) is 0 Å². The van der Waals surface area contributed by atoms with Gasteiger partial charge < -0.3 is 14.6 Å². The lowest BCUT2D eigenvalue weighted by molar-refractivity contribution is -0.123. The van der Waals surface area contributed by atoms with E-state index < -0.39 is 5.54 Å². The first-order chi connectivity index (χ1) is 11.1. The van der Waals surface area contributed by atoms with Crippen molar-refractivity contribution in [3.63, 3.8) is 0 Å². The van der Waals surface area contributed by atoms with Gasteiger partial charge in [0.05, 0.1) is 11.9 Å². The molecule has 23 heavy (non-hydrogen) atoms. The van der Waals surface area contributed by atoms with Crippen molar-refractivity contribution in [2.45, 2.75) is 45.2 Å². The number of imidazole rings is 1. The van der Waals surface area contributed by atoms with Crippen LogP contribution in [0, 0.1) is 0 Å². The summed E-state index contributed by atoms with van der Waals surface area (Å²) in [6.07, 6.45) is 7.85. The van der Waals surface area contributed by atoms with Gasteiger partial charge in [0.25, 0.3) is 0 Å². The number of carbonyl (C=O) groups is 1. The maximum Gasteiger partial charge on any atom is 0.220 e. The topological polar surface area (TPSA) is 56.1 Å². The van der Waals surface area contributed by atoms with Crippen LogP contribution in [0.5, 0.6) is 5.75 Å². The Labute approximate surface area is 137 Å². The molecule has 0 bridgehead atoms. The fourth-order valence-corrected chi connectivity index (χ4v) is 2.26. The summed E-state index contributed by atoms with van der Waals surface area (Å²) in [5.74, 6) is 0.882. The minimum absolute atomic E-state index is 0.0669. The number of para-hydroxylation sites is 1. The normalized spacial score (nSPS) is 11.2. The molecule has 1 aromatic carbocycles. The first-order valence-corrected chi connectivity index (χ1v) is 8.00. The van der Waals surface area contributed by atoms with Crippen LogP contribution in [0.25, 0.3) is 0 Å². The van der Waals surface area contributed by atoms with Gasteiger partial charge in [0.15, 0.2) is 0 Å². The van der Waals surface area contributed by atoms with Crippen LogP contribution in [-0.4, -0.2) is 27.6 Å². The number of hydrogen-bond donors (Lipinski definition) is 1. The first kappa shape index (κ1) is 17.1. The van der Waals surface area contributed by atoms with Crippen molar-refractivity contribution in [1.29, 1.82) is 0 Å². The zero-order valence-electron chi connectivity index (χ0n) is 13.9. The number of amides is 1. The van der Waals surface area contributed by atoms with E-state index in [0.717, 1.165) is 25.1 Å². The van der Waals surface area contributed by atoms with Crippen LogP contribution in [0.15, 0.2) is 49.1 Å². The molecule has 124 valence electrons. The molecule has 0 fully saturated rings. The quantitative estimate of drug-likeness (QED) is 0.724. The van der Waals surface area contributed by atoms with E-state index in [4.69, 9.17) is 4.74 Å². The van der Waals surface area contributed by atoms with E-state index in [9.17, 15) is 4.79 Å². The third kappa shape index (κ3) is 6.55. The summed E-state index contributed by atoms with van der Waals surface area (Å²) in [7, 11) is 0. The van der Waals surface area contributed by atoms with E-state index in [1.54, 1.807) is 12.5 Å².